The number of rotatable bonds is 4. The molecule has 0 radical (unpaired) electrons. The summed E-state index contributed by atoms with van der Waals surface area (Å²) < 4.78 is 13.0. The van der Waals surface area contributed by atoms with Gasteiger partial charge in [0, 0.05) is 24.2 Å². The van der Waals surface area contributed by atoms with Crippen molar-refractivity contribution in [2.45, 2.75) is 12.5 Å². The van der Waals surface area contributed by atoms with Crippen LogP contribution >= 0.6 is 0 Å². The van der Waals surface area contributed by atoms with Gasteiger partial charge in [-0.2, -0.15) is 5.10 Å². The third-order valence-electron chi connectivity index (χ3n) is 5.00. The highest BCUT2D eigenvalue weighted by Gasteiger charge is 2.34. The molecule has 0 saturated carbocycles. The van der Waals surface area contributed by atoms with Crippen LogP contribution in [-0.2, 0) is 9.59 Å². The molecule has 28 heavy (non-hydrogen) atoms. The number of likely N-dealkylation sites (tertiary alicyclic amines) is 1. The van der Waals surface area contributed by atoms with E-state index in [9.17, 15) is 19.1 Å². The molecule has 3 aromatic rings. The van der Waals surface area contributed by atoms with Gasteiger partial charge >= 0.3 is 0 Å². The van der Waals surface area contributed by atoms with Crippen LogP contribution in [0.3, 0.4) is 0 Å². The quantitative estimate of drug-likeness (QED) is 0.644. The lowest BCUT2D eigenvalue weighted by Crippen LogP contribution is -2.35. The zero-order valence-corrected chi connectivity index (χ0v) is 14.9. The van der Waals surface area contributed by atoms with Gasteiger partial charge in [-0.3, -0.25) is 14.7 Å². The smallest absolute Gasteiger partial charge is 0.256 e. The number of aromatic amines is 1. The third-order valence-corrected chi connectivity index (χ3v) is 5.00. The van der Waals surface area contributed by atoms with Crippen molar-refractivity contribution >= 4 is 28.4 Å². The number of benzene rings is 2. The zero-order valence-electron chi connectivity index (χ0n) is 14.9. The standard InChI is InChI=1S/C20H19FN4O3/c21-15-3-1-12(2-4-15)18(26)20(28)25-8-7-13(11-25)19(27)23-16-5-6-17-14(9-16)10-22-24-17/h1-6,9-10,13,18,26H,7-8,11H2,(H,22,24)(H,23,27). The van der Waals surface area contributed by atoms with Crippen molar-refractivity contribution in [3.05, 3.63) is 60.0 Å². The van der Waals surface area contributed by atoms with Crippen LogP contribution in [0.4, 0.5) is 10.1 Å². The summed E-state index contributed by atoms with van der Waals surface area (Å²) in [6.45, 7) is 0.618. The van der Waals surface area contributed by atoms with E-state index in [1.807, 2.05) is 12.1 Å². The average Bonchev–Trinajstić information content (AvgIpc) is 3.36. The lowest BCUT2D eigenvalue weighted by atomic mass is 10.1. The van der Waals surface area contributed by atoms with E-state index in [4.69, 9.17) is 0 Å². The number of aliphatic hydroxyl groups excluding tert-OH is 1. The fourth-order valence-electron chi connectivity index (χ4n) is 3.40. The van der Waals surface area contributed by atoms with Gasteiger partial charge in [0.1, 0.15) is 5.82 Å². The van der Waals surface area contributed by atoms with Crippen molar-refractivity contribution in [2.24, 2.45) is 5.92 Å². The molecule has 0 bridgehead atoms. The molecule has 2 atom stereocenters. The fourth-order valence-corrected chi connectivity index (χ4v) is 3.40. The highest BCUT2D eigenvalue weighted by atomic mass is 19.1. The number of fused-ring (bicyclic) bond motifs is 1. The van der Waals surface area contributed by atoms with Gasteiger partial charge in [0.2, 0.25) is 5.91 Å². The van der Waals surface area contributed by atoms with E-state index in [0.717, 1.165) is 10.9 Å². The van der Waals surface area contributed by atoms with E-state index in [-0.39, 0.29) is 18.4 Å². The summed E-state index contributed by atoms with van der Waals surface area (Å²) in [5.41, 5.74) is 1.87. The molecule has 1 aliphatic rings. The molecule has 0 aliphatic carbocycles. The lowest BCUT2D eigenvalue weighted by Gasteiger charge is -2.20. The van der Waals surface area contributed by atoms with Crippen LogP contribution in [0.1, 0.15) is 18.1 Å². The Labute approximate surface area is 160 Å². The Bertz CT molecular complexity index is 1020. The molecule has 3 N–H and O–H groups in total. The number of amides is 2. The van der Waals surface area contributed by atoms with E-state index >= 15 is 0 Å². The number of aliphatic hydroxyl groups is 1. The molecule has 0 spiro atoms. The van der Waals surface area contributed by atoms with Gasteiger partial charge in [-0.1, -0.05) is 12.1 Å². The van der Waals surface area contributed by atoms with Gasteiger partial charge in [-0.15, -0.1) is 0 Å². The third kappa shape index (κ3) is 3.59. The summed E-state index contributed by atoms with van der Waals surface area (Å²) in [5, 5.41) is 20.8. The maximum atomic E-state index is 13.0. The summed E-state index contributed by atoms with van der Waals surface area (Å²) >= 11 is 0. The minimum absolute atomic E-state index is 0.172. The largest absolute Gasteiger partial charge is 0.378 e. The summed E-state index contributed by atoms with van der Waals surface area (Å²) in [5.74, 6) is -1.45. The number of hydrogen-bond acceptors (Lipinski definition) is 4. The normalized spacial score (nSPS) is 17.6. The Hall–Kier alpha value is -3.26. The number of H-pyrrole nitrogens is 1. The highest BCUT2D eigenvalue weighted by molar-refractivity contribution is 5.95. The SMILES string of the molecule is O=C(Nc1ccc2[nH]ncc2c1)C1CCN(C(=O)C(O)c2ccc(F)cc2)C1. The van der Waals surface area contributed by atoms with Crippen molar-refractivity contribution in [3.8, 4) is 0 Å². The molecule has 7 nitrogen and oxygen atoms in total. The fraction of sp³-hybridized carbons (Fsp3) is 0.250. The first-order valence-electron chi connectivity index (χ1n) is 8.97. The first kappa shape index (κ1) is 18.1. The number of nitrogens with zero attached hydrogens (tertiary/aromatic N) is 2. The Kier molecular flexibility index (Phi) is 4.79. The second-order valence-corrected chi connectivity index (χ2v) is 6.89. The van der Waals surface area contributed by atoms with Gasteiger partial charge < -0.3 is 15.3 Å². The highest BCUT2D eigenvalue weighted by Crippen LogP contribution is 2.24. The van der Waals surface area contributed by atoms with E-state index in [1.54, 1.807) is 12.3 Å². The molecule has 1 aliphatic heterocycles. The van der Waals surface area contributed by atoms with Gasteiger partial charge in [0.05, 0.1) is 17.6 Å². The Balaban J connectivity index is 1.38. The van der Waals surface area contributed by atoms with E-state index in [2.05, 4.69) is 15.5 Å². The van der Waals surface area contributed by atoms with Crippen molar-refractivity contribution in [2.75, 3.05) is 18.4 Å². The van der Waals surface area contributed by atoms with Crippen LogP contribution in [0.15, 0.2) is 48.7 Å². The number of nitrogens with one attached hydrogen (secondary N) is 2. The molecule has 1 saturated heterocycles. The topological polar surface area (TPSA) is 98.3 Å². The van der Waals surface area contributed by atoms with Crippen molar-refractivity contribution in [1.29, 1.82) is 0 Å². The molecule has 1 aromatic heterocycles. The minimum Gasteiger partial charge on any atom is -0.378 e. The lowest BCUT2D eigenvalue weighted by molar-refractivity contribution is -0.139. The Morgan fingerprint density at radius 1 is 1.25 bits per heavy atom. The molecule has 4 rings (SSSR count). The molecule has 2 heterocycles. The zero-order chi connectivity index (χ0) is 19.7. The molecule has 2 aromatic carbocycles. The monoisotopic (exact) mass is 382 g/mol. The molecule has 2 unspecified atom stereocenters. The van der Waals surface area contributed by atoms with E-state index in [1.165, 1.54) is 29.2 Å². The van der Waals surface area contributed by atoms with Crippen LogP contribution in [-0.4, -0.2) is 45.1 Å². The second kappa shape index (κ2) is 7.40. The van der Waals surface area contributed by atoms with Gasteiger partial charge in [-0.25, -0.2) is 4.39 Å². The first-order chi connectivity index (χ1) is 13.5. The Morgan fingerprint density at radius 2 is 2.04 bits per heavy atom. The predicted octanol–water partition coefficient (Wildman–Crippen LogP) is 2.22. The summed E-state index contributed by atoms with van der Waals surface area (Å²) in [4.78, 5) is 26.5. The van der Waals surface area contributed by atoms with Crippen LogP contribution in [0.2, 0.25) is 0 Å². The minimum atomic E-state index is -1.37. The Morgan fingerprint density at radius 3 is 2.82 bits per heavy atom. The van der Waals surface area contributed by atoms with Crippen LogP contribution in [0.5, 0.6) is 0 Å². The van der Waals surface area contributed by atoms with Gasteiger partial charge in [0.25, 0.3) is 5.91 Å². The maximum absolute atomic E-state index is 13.0. The van der Waals surface area contributed by atoms with Gasteiger partial charge in [0.15, 0.2) is 6.10 Å². The number of halogens is 1. The van der Waals surface area contributed by atoms with Crippen LogP contribution in [0.25, 0.3) is 10.9 Å². The molecule has 8 heteroatoms. The number of carbonyl (C=O) groups is 2. The van der Waals surface area contributed by atoms with Crippen molar-refractivity contribution < 1.29 is 19.1 Å². The maximum Gasteiger partial charge on any atom is 0.256 e. The molecule has 2 amide bonds. The number of hydrogen-bond donors (Lipinski definition) is 3. The summed E-state index contributed by atoms with van der Waals surface area (Å²) in [6, 6.07) is 10.6. The molecule has 144 valence electrons. The van der Waals surface area contributed by atoms with Gasteiger partial charge in [-0.05, 0) is 42.3 Å². The molecular weight excluding hydrogens is 363 g/mol. The van der Waals surface area contributed by atoms with Crippen molar-refractivity contribution in [3.63, 3.8) is 0 Å². The van der Waals surface area contributed by atoms with Crippen molar-refractivity contribution in [1.82, 2.24) is 15.1 Å². The average molecular weight is 382 g/mol. The number of anilines is 1. The van der Waals surface area contributed by atoms with Crippen LogP contribution in [0, 0.1) is 11.7 Å². The van der Waals surface area contributed by atoms with Crippen LogP contribution < -0.4 is 5.32 Å². The first-order valence-corrected chi connectivity index (χ1v) is 8.97. The summed E-state index contributed by atoms with van der Waals surface area (Å²) in [7, 11) is 0. The second-order valence-electron chi connectivity index (χ2n) is 6.89. The molecular formula is C20H19FN4O3. The predicted molar refractivity (Wildman–Crippen MR) is 101 cm³/mol. The number of aromatic nitrogens is 2. The van der Waals surface area contributed by atoms with E-state index in [0.29, 0.717) is 24.2 Å². The number of carbonyl (C=O) groups excluding carboxylic acids is 2. The molecule has 1 fully saturated rings. The summed E-state index contributed by atoms with van der Waals surface area (Å²) in [6.07, 6.45) is 0.824. The van der Waals surface area contributed by atoms with E-state index < -0.39 is 17.8 Å².